The largest absolute Gasteiger partial charge is 0.338 e. The highest BCUT2D eigenvalue weighted by Gasteiger charge is 2.27. The smallest absolute Gasteiger partial charge is 0.244 e. The van der Waals surface area contributed by atoms with E-state index in [2.05, 4.69) is 20.0 Å². The highest BCUT2D eigenvalue weighted by Crippen LogP contribution is 2.24. The van der Waals surface area contributed by atoms with Gasteiger partial charge in [-0.2, -0.15) is 9.29 Å². The van der Waals surface area contributed by atoms with Crippen LogP contribution in [0.25, 0.3) is 11.4 Å². The minimum Gasteiger partial charge on any atom is -0.338 e. The van der Waals surface area contributed by atoms with E-state index in [1.54, 1.807) is 24.3 Å². The van der Waals surface area contributed by atoms with E-state index in [1.165, 1.54) is 22.3 Å². The van der Waals surface area contributed by atoms with Crippen LogP contribution in [0.4, 0.5) is 0 Å². The number of thioether (sulfide) groups is 1. The monoisotopic (exact) mass is 465 g/mol. The van der Waals surface area contributed by atoms with Crippen LogP contribution in [0, 0.1) is 0 Å². The number of likely N-dealkylation sites (N-methyl/N-ethyl adjacent to an activating group) is 1. The van der Waals surface area contributed by atoms with Crippen LogP contribution in [0.1, 0.15) is 5.89 Å². The lowest BCUT2D eigenvalue weighted by Crippen LogP contribution is -2.47. The van der Waals surface area contributed by atoms with E-state index in [0.29, 0.717) is 40.6 Å². The maximum atomic E-state index is 12.8. The van der Waals surface area contributed by atoms with Gasteiger partial charge in [-0.05, 0) is 43.4 Å². The number of hydrogen-bond acceptors (Lipinski definition) is 8. The van der Waals surface area contributed by atoms with Gasteiger partial charge in [-0.1, -0.05) is 28.5 Å². The van der Waals surface area contributed by atoms with Crippen LogP contribution in [0.15, 0.2) is 57.0 Å². The van der Waals surface area contributed by atoms with Crippen LogP contribution in [0.3, 0.4) is 0 Å². The number of sulfonamides is 1. The van der Waals surface area contributed by atoms with Crippen molar-refractivity contribution in [3.8, 4) is 11.4 Å². The number of pyridine rings is 1. The summed E-state index contributed by atoms with van der Waals surface area (Å²) < 4.78 is 32.3. The second-order valence-corrected chi connectivity index (χ2v) is 10.2. The maximum absolute atomic E-state index is 12.8. The first-order chi connectivity index (χ1) is 14.4. The summed E-state index contributed by atoms with van der Waals surface area (Å²) in [7, 11) is -1.53. The van der Waals surface area contributed by atoms with Crippen LogP contribution in [0.2, 0.25) is 5.02 Å². The molecule has 2 aromatic heterocycles. The zero-order chi connectivity index (χ0) is 21.1. The second-order valence-electron chi connectivity index (χ2n) is 6.85. The number of rotatable bonds is 6. The summed E-state index contributed by atoms with van der Waals surface area (Å²) in [5.41, 5.74) is 0.816. The molecule has 1 aromatic carbocycles. The fourth-order valence-corrected chi connectivity index (χ4v) is 5.12. The van der Waals surface area contributed by atoms with Gasteiger partial charge in [0.25, 0.3) is 0 Å². The van der Waals surface area contributed by atoms with E-state index in [1.807, 2.05) is 19.2 Å². The summed E-state index contributed by atoms with van der Waals surface area (Å²) in [5.74, 6) is 1.38. The summed E-state index contributed by atoms with van der Waals surface area (Å²) in [4.78, 5) is 11.0. The maximum Gasteiger partial charge on any atom is 0.244 e. The van der Waals surface area contributed by atoms with Crippen molar-refractivity contribution < 1.29 is 12.9 Å². The standard InChI is InChI=1S/C19H20ClN5O3S2/c1-24-8-10-25(11-9-24)30(26,27)16-6-7-18(21-12-16)29-13-17-22-19(23-28-17)14-2-4-15(20)5-3-14/h2-7,12H,8-11,13H2,1H3. The van der Waals surface area contributed by atoms with Crippen LogP contribution >= 0.6 is 23.4 Å². The van der Waals surface area contributed by atoms with Gasteiger partial charge >= 0.3 is 0 Å². The van der Waals surface area contributed by atoms with Crippen LogP contribution in [-0.2, 0) is 15.8 Å². The zero-order valence-electron chi connectivity index (χ0n) is 16.2. The Hall–Kier alpha value is -1.98. The molecule has 4 rings (SSSR count). The van der Waals surface area contributed by atoms with Gasteiger partial charge < -0.3 is 9.42 Å². The Balaban J connectivity index is 1.38. The molecule has 1 fully saturated rings. The molecule has 0 unspecified atom stereocenters. The highest BCUT2D eigenvalue weighted by atomic mass is 35.5. The number of benzene rings is 1. The van der Waals surface area contributed by atoms with Gasteiger partial charge in [0, 0.05) is 43.0 Å². The van der Waals surface area contributed by atoms with Crippen molar-refractivity contribution >= 4 is 33.4 Å². The molecule has 0 aliphatic carbocycles. The first kappa shape index (κ1) is 21.3. The van der Waals surface area contributed by atoms with E-state index in [0.717, 1.165) is 18.7 Å². The van der Waals surface area contributed by atoms with Gasteiger partial charge in [-0.15, -0.1) is 0 Å². The Morgan fingerprint density at radius 2 is 1.83 bits per heavy atom. The Morgan fingerprint density at radius 1 is 1.10 bits per heavy atom. The van der Waals surface area contributed by atoms with Crippen LogP contribution in [-0.4, -0.2) is 66.0 Å². The number of piperazine rings is 1. The molecule has 1 aliphatic heterocycles. The Morgan fingerprint density at radius 3 is 2.50 bits per heavy atom. The lowest BCUT2D eigenvalue weighted by molar-refractivity contribution is 0.222. The van der Waals surface area contributed by atoms with E-state index < -0.39 is 10.0 Å². The number of nitrogens with zero attached hydrogens (tertiary/aromatic N) is 5. The van der Waals surface area contributed by atoms with Gasteiger partial charge in [-0.3, -0.25) is 0 Å². The van der Waals surface area contributed by atoms with Crippen LogP contribution in [0.5, 0.6) is 0 Å². The number of halogens is 1. The summed E-state index contributed by atoms with van der Waals surface area (Å²) in [6, 6.07) is 10.5. The van der Waals surface area contributed by atoms with Gasteiger partial charge in [0.1, 0.15) is 4.90 Å². The van der Waals surface area contributed by atoms with E-state index in [-0.39, 0.29) is 4.90 Å². The van der Waals surface area contributed by atoms with Gasteiger partial charge in [0.2, 0.25) is 21.7 Å². The number of aromatic nitrogens is 3. The minimum absolute atomic E-state index is 0.208. The molecular formula is C19H20ClN5O3S2. The minimum atomic E-state index is -3.52. The van der Waals surface area contributed by atoms with Crippen molar-refractivity contribution in [2.75, 3.05) is 33.2 Å². The lowest BCUT2D eigenvalue weighted by Gasteiger charge is -2.31. The molecule has 3 heterocycles. The third-order valence-corrected chi connectivity index (χ3v) is 7.79. The van der Waals surface area contributed by atoms with Gasteiger partial charge in [0.15, 0.2) is 0 Å². The molecule has 0 spiro atoms. The summed E-state index contributed by atoms with van der Waals surface area (Å²) in [6.45, 7) is 2.43. The first-order valence-corrected chi connectivity index (χ1v) is 12.1. The Labute approximate surface area is 184 Å². The molecule has 1 saturated heterocycles. The summed E-state index contributed by atoms with van der Waals surface area (Å²) in [6.07, 6.45) is 1.41. The molecule has 8 nitrogen and oxygen atoms in total. The average Bonchev–Trinajstić information content (AvgIpc) is 3.22. The topological polar surface area (TPSA) is 92.4 Å². The molecule has 0 bridgehead atoms. The first-order valence-electron chi connectivity index (χ1n) is 9.28. The lowest BCUT2D eigenvalue weighted by atomic mass is 10.2. The normalized spacial score (nSPS) is 16.1. The van der Waals surface area contributed by atoms with Crippen molar-refractivity contribution in [1.82, 2.24) is 24.3 Å². The third-order valence-electron chi connectivity index (χ3n) is 4.72. The Bertz CT molecular complexity index is 1100. The fourth-order valence-electron chi connectivity index (χ4n) is 2.95. The Kier molecular flexibility index (Phi) is 6.40. The summed E-state index contributed by atoms with van der Waals surface area (Å²) >= 11 is 7.29. The highest BCUT2D eigenvalue weighted by molar-refractivity contribution is 7.98. The number of hydrogen-bond donors (Lipinski definition) is 0. The second kappa shape index (κ2) is 9.03. The summed E-state index contributed by atoms with van der Waals surface area (Å²) in [5, 5.41) is 5.30. The van der Waals surface area contributed by atoms with E-state index in [9.17, 15) is 8.42 Å². The van der Waals surface area contributed by atoms with Crippen molar-refractivity contribution in [1.29, 1.82) is 0 Å². The van der Waals surface area contributed by atoms with Crippen molar-refractivity contribution in [2.45, 2.75) is 15.7 Å². The molecule has 0 saturated carbocycles. The molecule has 30 heavy (non-hydrogen) atoms. The molecule has 158 valence electrons. The SMILES string of the molecule is CN1CCN(S(=O)(=O)c2ccc(SCc3nc(-c4ccc(Cl)cc4)no3)nc2)CC1. The van der Waals surface area contributed by atoms with E-state index in [4.69, 9.17) is 16.1 Å². The molecule has 3 aromatic rings. The quantitative estimate of drug-likeness (QED) is 0.513. The molecule has 0 N–H and O–H groups in total. The predicted molar refractivity (Wildman–Crippen MR) is 115 cm³/mol. The molecule has 1 aliphatic rings. The molecule has 0 radical (unpaired) electrons. The molecule has 0 amide bonds. The van der Waals surface area contributed by atoms with Crippen molar-refractivity contribution in [2.24, 2.45) is 0 Å². The average molecular weight is 466 g/mol. The van der Waals surface area contributed by atoms with Crippen molar-refractivity contribution in [3.05, 3.63) is 53.5 Å². The van der Waals surface area contributed by atoms with Gasteiger partial charge in [-0.25, -0.2) is 13.4 Å². The predicted octanol–water partition coefficient (Wildman–Crippen LogP) is 3.01. The molecule has 11 heteroatoms. The van der Waals surface area contributed by atoms with Crippen molar-refractivity contribution in [3.63, 3.8) is 0 Å². The van der Waals surface area contributed by atoms with E-state index >= 15 is 0 Å². The third kappa shape index (κ3) is 4.84. The fraction of sp³-hybridized carbons (Fsp3) is 0.316. The molecular weight excluding hydrogens is 446 g/mol. The van der Waals surface area contributed by atoms with Crippen LogP contribution < -0.4 is 0 Å². The van der Waals surface area contributed by atoms with Gasteiger partial charge in [0.05, 0.1) is 10.8 Å². The molecule has 0 atom stereocenters. The zero-order valence-corrected chi connectivity index (χ0v) is 18.6.